The molecule has 0 fully saturated rings. The van der Waals surface area contributed by atoms with Crippen LogP contribution in [0.2, 0.25) is 0 Å². The summed E-state index contributed by atoms with van der Waals surface area (Å²) in [5.41, 5.74) is 0. The van der Waals surface area contributed by atoms with E-state index >= 15 is 0 Å². The van der Waals surface area contributed by atoms with Crippen molar-refractivity contribution in [2.45, 2.75) is 18.2 Å². The highest BCUT2D eigenvalue weighted by atomic mass is 32.2. The van der Waals surface area contributed by atoms with Crippen LogP contribution in [0.5, 0.6) is 5.75 Å². The predicted molar refractivity (Wildman–Crippen MR) is 99.6 cm³/mol. The van der Waals surface area contributed by atoms with Gasteiger partial charge in [0.2, 0.25) is 10.0 Å². The number of benzene rings is 1. The summed E-state index contributed by atoms with van der Waals surface area (Å²) in [7, 11) is -3.81. The second-order valence-electron chi connectivity index (χ2n) is 5.57. The minimum atomic E-state index is -3.81. The van der Waals surface area contributed by atoms with Crippen molar-refractivity contribution < 1.29 is 36.7 Å². The summed E-state index contributed by atoms with van der Waals surface area (Å²) in [4.78, 5) is 34.8. The van der Waals surface area contributed by atoms with Crippen LogP contribution in [-0.2, 0) is 24.3 Å². The average Bonchev–Trinajstić information content (AvgIpc) is 3.22. The van der Waals surface area contributed by atoms with E-state index in [1.807, 2.05) is 12.2 Å². The molecule has 0 spiro atoms. The highest BCUT2D eigenvalue weighted by molar-refractivity contribution is 7.89. The highest BCUT2D eigenvalue weighted by Gasteiger charge is 2.16. The Morgan fingerprint density at radius 2 is 1.83 bits per heavy atom. The molecule has 0 unspecified atom stereocenters. The molecule has 0 aliphatic rings. The van der Waals surface area contributed by atoms with Crippen LogP contribution in [0.4, 0.5) is 0 Å². The summed E-state index contributed by atoms with van der Waals surface area (Å²) in [5, 5.41) is 1.98. The van der Waals surface area contributed by atoms with Gasteiger partial charge in [-0.2, -0.15) is 0 Å². The summed E-state index contributed by atoms with van der Waals surface area (Å²) in [6.07, 6.45) is 0.976. The van der Waals surface area contributed by atoms with Crippen molar-refractivity contribution in [1.29, 1.82) is 0 Å². The zero-order valence-corrected chi connectivity index (χ0v) is 16.4. The van der Waals surface area contributed by atoms with Gasteiger partial charge < -0.3 is 13.9 Å². The summed E-state index contributed by atoms with van der Waals surface area (Å²) < 4.78 is 41.4. The van der Waals surface area contributed by atoms with E-state index in [-0.39, 0.29) is 23.6 Å². The van der Waals surface area contributed by atoms with E-state index in [4.69, 9.17) is 13.9 Å². The third kappa shape index (κ3) is 7.05. The molecule has 0 aliphatic carbocycles. The number of sulfonamides is 1. The quantitative estimate of drug-likeness (QED) is 0.535. The number of imide groups is 1. The maximum Gasteiger partial charge on any atom is 0.307 e. The van der Waals surface area contributed by atoms with Gasteiger partial charge in [0.15, 0.2) is 12.4 Å². The Bertz CT molecular complexity index is 937. The number of amides is 2. The molecule has 0 atom stereocenters. The summed E-state index contributed by atoms with van der Waals surface area (Å²) in [6, 6.07) is 8.65. The molecule has 11 heteroatoms. The van der Waals surface area contributed by atoms with Gasteiger partial charge in [-0.25, -0.2) is 13.1 Å². The molecule has 10 nitrogen and oxygen atoms in total. The summed E-state index contributed by atoms with van der Waals surface area (Å²) in [5.74, 6) is -1.93. The fourth-order valence-electron chi connectivity index (χ4n) is 2.10. The first-order chi connectivity index (χ1) is 13.8. The van der Waals surface area contributed by atoms with Gasteiger partial charge in [-0.1, -0.05) is 0 Å². The summed E-state index contributed by atoms with van der Waals surface area (Å²) >= 11 is 0. The van der Waals surface area contributed by atoms with E-state index in [0.717, 1.165) is 0 Å². The van der Waals surface area contributed by atoms with E-state index in [1.165, 1.54) is 42.7 Å². The number of hydrogen-bond acceptors (Lipinski definition) is 8. The topological polar surface area (TPSA) is 141 Å². The number of carbonyl (C=O) groups is 3. The van der Waals surface area contributed by atoms with Gasteiger partial charge >= 0.3 is 5.97 Å². The monoisotopic (exact) mass is 424 g/mol. The second kappa shape index (κ2) is 10.4. The second-order valence-corrected chi connectivity index (χ2v) is 7.33. The zero-order valence-electron chi connectivity index (χ0n) is 15.5. The molecule has 1 heterocycles. The Morgan fingerprint density at radius 1 is 1.10 bits per heavy atom. The lowest BCUT2D eigenvalue weighted by Gasteiger charge is -2.08. The number of rotatable bonds is 10. The molecule has 1 aromatic heterocycles. The van der Waals surface area contributed by atoms with Crippen molar-refractivity contribution in [3.05, 3.63) is 48.4 Å². The molecule has 0 saturated heterocycles. The van der Waals surface area contributed by atoms with Gasteiger partial charge in [0.25, 0.3) is 11.8 Å². The molecule has 0 bridgehead atoms. The first-order valence-corrected chi connectivity index (χ1v) is 10.1. The van der Waals surface area contributed by atoms with Crippen LogP contribution >= 0.6 is 0 Å². The van der Waals surface area contributed by atoms with E-state index in [9.17, 15) is 22.8 Å². The molecule has 2 N–H and O–H groups in total. The first kappa shape index (κ1) is 22.1. The van der Waals surface area contributed by atoms with Crippen LogP contribution in [-0.4, -0.2) is 46.0 Å². The van der Waals surface area contributed by atoms with Crippen molar-refractivity contribution in [3.63, 3.8) is 0 Å². The third-order valence-electron chi connectivity index (χ3n) is 3.43. The first-order valence-electron chi connectivity index (χ1n) is 8.57. The molecule has 156 valence electrons. The van der Waals surface area contributed by atoms with Crippen molar-refractivity contribution >= 4 is 27.8 Å². The van der Waals surface area contributed by atoms with Crippen LogP contribution < -0.4 is 14.8 Å². The molecule has 0 saturated carbocycles. The van der Waals surface area contributed by atoms with E-state index in [1.54, 1.807) is 0 Å². The smallest absolute Gasteiger partial charge is 0.307 e. The number of esters is 1. The Morgan fingerprint density at radius 3 is 2.45 bits per heavy atom. The molecule has 2 aromatic rings. The normalized spacial score (nSPS) is 10.9. The molecule has 0 radical (unpaired) electrons. The van der Waals surface area contributed by atoms with Crippen LogP contribution in [0.1, 0.15) is 23.9 Å². The number of nitrogens with one attached hydrogen (secondary N) is 2. The standard InChI is InChI=1S/C18H20N2O8S/c1-2-26-13-5-7-14(8-6-13)29(24,25)19-10-9-17(22)28-12-16(21)20-18(23)15-4-3-11-27-15/h3-8,11,19H,2,9-10,12H2,1H3,(H,20,21,23). The van der Waals surface area contributed by atoms with E-state index < -0.39 is 34.4 Å². The molecule has 2 rings (SSSR count). The molecule has 1 aromatic carbocycles. The third-order valence-corrected chi connectivity index (χ3v) is 4.91. The lowest BCUT2D eigenvalue weighted by Crippen LogP contribution is -2.34. The number of hydrogen-bond donors (Lipinski definition) is 2. The van der Waals surface area contributed by atoms with Gasteiger partial charge in [0.1, 0.15) is 5.75 Å². The van der Waals surface area contributed by atoms with Crippen LogP contribution in [0.25, 0.3) is 0 Å². The van der Waals surface area contributed by atoms with Gasteiger partial charge in [0.05, 0.1) is 24.2 Å². The minimum absolute atomic E-state index is 0.0186. The molecular weight excluding hydrogens is 404 g/mol. The van der Waals surface area contributed by atoms with E-state index in [0.29, 0.717) is 12.4 Å². The van der Waals surface area contributed by atoms with Crippen LogP contribution in [0, 0.1) is 0 Å². The van der Waals surface area contributed by atoms with Gasteiger partial charge in [-0.05, 0) is 43.3 Å². The van der Waals surface area contributed by atoms with Crippen LogP contribution in [0.3, 0.4) is 0 Å². The fraction of sp³-hybridized carbons (Fsp3) is 0.278. The minimum Gasteiger partial charge on any atom is -0.494 e. The van der Waals surface area contributed by atoms with Gasteiger partial charge in [-0.3, -0.25) is 19.7 Å². The maximum absolute atomic E-state index is 12.2. The zero-order chi connectivity index (χ0) is 21.3. The van der Waals surface area contributed by atoms with Gasteiger partial charge in [0, 0.05) is 6.54 Å². The Labute approximate surface area is 167 Å². The number of furan rings is 1. The molecule has 0 aliphatic heterocycles. The molecule has 29 heavy (non-hydrogen) atoms. The number of ether oxygens (including phenoxy) is 2. The maximum atomic E-state index is 12.2. The van der Waals surface area contributed by atoms with Crippen molar-refractivity contribution in [1.82, 2.24) is 10.0 Å². The van der Waals surface area contributed by atoms with E-state index in [2.05, 4.69) is 4.72 Å². The van der Waals surface area contributed by atoms with Gasteiger partial charge in [-0.15, -0.1) is 0 Å². The van der Waals surface area contributed by atoms with Crippen molar-refractivity contribution in [2.75, 3.05) is 19.8 Å². The predicted octanol–water partition coefficient (Wildman–Crippen LogP) is 0.846. The SMILES string of the molecule is CCOc1ccc(S(=O)(=O)NCCC(=O)OCC(=O)NC(=O)c2ccco2)cc1. The number of carbonyl (C=O) groups excluding carboxylic acids is 3. The largest absolute Gasteiger partial charge is 0.494 e. The van der Waals surface area contributed by atoms with Crippen molar-refractivity contribution in [2.24, 2.45) is 0 Å². The lowest BCUT2D eigenvalue weighted by molar-refractivity contribution is -0.148. The summed E-state index contributed by atoms with van der Waals surface area (Å²) in [6.45, 7) is 1.37. The van der Waals surface area contributed by atoms with Crippen LogP contribution in [0.15, 0.2) is 52.0 Å². The van der Waals surface area contributed by atoms with Crippen molar-refractivity contribution in [3.8, 4) is 5.75 Å². The molecular formula is C18H20N2O8S. The fourth-order valence-corrected chi connectivity index (χ4v) is 3.13. The Hall–Kier alpha value is -3.18. The Kier molecular flexibility index (Phi) is 7.92. The highest BCUT2D eigenvalue weighted by Crippen LogP contribution is 2.15. The molecule has 2 amide bonds. The Balaban J connectivity index is 1.71. The lowest BCUT2D eigenvalue weighted by atomic mass is 10.3. The average molecular weight is 424 g/mol.